The van der Waals surface area contributed by atoms with Crippen molar-refractivity contribution in [2.24, 2.45) is 0 Å². The van der Waals surface area contributed by atoms with E-state index in [-0.39, 0.29) is 12.5 Å². The molecule has 0 aliphatic carbocycles. The highest BCUT2D eigenvalue weighted by molar-refractivity contribution is 5.95. The summed E-state index contributed by atoms with van der Waals surface area (Å²) in [6.07, 6.45) is 1.69. The number of hydrogen-bond donors (Lipinski definition) is 2. The molecule has 0 unspecified atom stereocenters. The molecule has 1 amide bonds. The number of nitrogens with one attached hydrogen (secondary N) is 2. The first-order valence-electron chi connectivity index (χ1n) is 7.95. The molecule has 0 spiro atoms. The van der Waals surface area contributed by atoms with Gasteiger partial charge in [0.2, 0.25) is 5.91 Å². The van der Waals surface area contributed by atoms with E-state index in [1.54, 1.807) is 6.08 Å². The highest BCUT2D eigenvalue weighted by Gasteiger charge is 2.09. The maximum Gasteiger partial charge on any atom is 0.243 e. The summed E-state index contributed by atoms with van der Waals surface area (Å²) in [5.74, 6) is 0.608. The molecule has 0 aliphatic heterocycles. The number of carbonyl (C=O) groups is 1. The van der Waals surface area contributed by atoms with E-state index in [0.29, 0.717) is 12.4 Å². The molecule has 0 bridgehead atoms. The number of hydrogen-bond acceptors (Lipinski definition) is 3. The average molecular weight is 324 g/mol. The van der Waals surface area contributed by atoms with Gasteiger partial charge < -0.3 is 15.4 Å². The molecule has 4 heteroatoms. The fraction of sp³-hybridized carbons (Fsp3) is 0.250. The number of amides is 1. The Hall–Kier alpha value is -2.75. The molecule has 0 fully saturated rings. The summed E-state index contributed by atoms with van der Waals surface area (Å²) in [5, 5.41) is 6.10. The maximum atomic E-state index is 12.3. The van der Waals surface area contributed by atoms with E-state index in [9.17, 15) is 4.79 Å². The Balaban J connectivity index is 2.01. The minimum absolute atomic E-state index is 0.0939. The number of para-hydroxylation sites is 2. The van der Waals surface area contributed by atoms with Crippen molar-refractivity contribution in [3.8, 4) is 5.75 Å². The Kier molecular flexibility index (Phi) is 6.01. The summed E-state index contributed by atoms with van der Waals surface area (Å²) in [4.78, 5) is 12.3. The summed E-state index contributed by atoms with van der Waals surface area (Å²) < 4.78 is 5.58. The van der Waals surface area contributed by atoms with Crippen molar-refractivity contribution in [3.63, 3.8) is 0 Å². The largest absolute Gasteiger partial charge is 0.487 e. The van der Waals surface area contributed by atoms with Crippen LogP contribution in [0.4, 0.5) is 11.4 Å². The van der Waals surface area contributed by atoms with E-state index >= 15 is 0 Å². The Labute approximate surface area is 143 Å². The van der Waals surface area contributed by atoms with Crippen LogP contribution in [0.15, 0.2) is 49.1 Å². The van der Waals surface area contributed by atoms with Gasteiger partial charge in [-0.05, 0) is 44.0 Å². The molecule has 2 N–H and O–H groups in total. The summed E-state index contributed by atoms with van der Waals surface area (Å²) in [6, 6.07) is 11.7. The van der Waals surface area contributed by atoms with Crippen molar-refractivity contribution in [1.82, 2.24) is 0 Å². The number of aryl methyl sites for hydroxylation is 3. The molecule has 0 saturated carbocycles. The second kappa shape index (κ2) is 8.20. The lowest BCUT2D eigenvalue weighted by atomic mass is 10.1. The van der Waals surface area contributed by atoms with Crippen molar-refractivity contribution < 1.29 is 9.53 Å². The summed E-state index contributed by atoms with van der Waals surface area (Å²) >= 11 is 0. The van der Waals surface area contributed by atoms with Crippen molar-refractivity contribution in [2.45, 2.75) is 20.8 Å². The normalized spacial score (nSPS) is 10.1. The van der Waals surface area contributed by atoms with Crippen LogP contribution in [-0.2, 0) is 4.79 Å². The van der Waals surface area contributed by atoms with Gasteiger partial charge in [-0.15, -0.1) is 0 Å². The third-order valence-electron chi connectivity index (χ3n) is 3.62. The zero-order chi connectivity index (χ0) is 17.5. The van der Waals surface area contributed by atoms with Gasteiger partial charge in [0.15, 0.2) is 0 Å². The zero-order valence-electron chi connectivity index (χ0n) is 14.5. The van der Waals surface area contributed by atoms with Crippen LogP contribution in [-0.4, -0.2) is 19.1 Å². The van der Waals surface area contributed by atoms with E-state index in [0.717, 1.165) is 22.5 Å². The third kappa shape index (κ3) is 4.62. The van der Waals surface area contributed by atoms with Gasteiger partial charge in [-0.3, -0.25) is 4.79 Å². The van der Waals surface area contributed by atoms with Crippen molar-refractivity contribution in [1.29, 1.82) is 0 Å². The molecule has 0 radical (unpaired) electrons. The van der Waals surface area contributed by atoms with Crippen LogP contribution in [0.3, 0.4) is 0 Å². The van der Waals surface area contributed by atoms with E-state index in [4.69, 9.17) is 4.74 Å². The van der Waals surface area contributed by atoms with Crippen LogP contribution in [0.1, 0.15) is 16.7 Å². The second-order valence-electron chi connectivity index (χ2n) is 5.77. The first kappa shape index (κ1) is 17.6. The smallest absolute Gasteiger partial charge is 0.243 e. The molecular weight excluding hydrogens is 300 g/mol. The number of benzene rings is 2. The monoisotopic (exact) mass is 324 g/mol. The van der Waals surface area contributed by atoms with E-state index in [1.807, 2.05) is 45.0 Å². The first-order chi connectivity index (χ1) is 11.5. The van der Waals surface area contributed by atoms with Crippen LogP contribution in [0.5, 0.6) is 5.75 Å². The van der Waals surface area contributed by atoms with Crippen molar-refractivity contribution >= 4 is 17.3 Å². The molecule has 2 rings (SSSR count). The van der Waals surface area contributed by atoms with Crippen molar-refractivity contribution in [2.75, 3.05) is 23.8 Å². The van der Waals surface area contributed by atoms with E-state index in [2.05, 4.69) is 29.3 Å². The lowest BCUT2D eigenvalue weighted by molar-refractivity contribution is -0.114. The Morgan fingerprint density at radius 3 is 2.50 bits per heavy atom. The highest BCUT2D eigenvalue weighted by atomic mass is 16.5. The fourth-order valence-electron chi connectivity index (χ4n) is 2.62. The zero-order valence-corrected chi connectivity index (χ0v) is 14.5. The van der Waals surface area contributed by atoms with Gasteiger partial charge in [0.25, 0.3) is 0 Å². The van der Waals surface area contributed by atoms with Crippen LogP contribution in [0.25, 0.3) is 0 Å². The fourth-order valence-corrected chi connectivity index (χ4v) is 2.62. The molecule has 0 aliphatic rings. The lowest BCUT2D eigenvalue weighted by Gasteiger charge is -2.15. The predicted molar refractivity (Wildman–Crippen MR) is 99.9 cm³/mol. The van der Waals surface area contributed by atoms with Gasteiger partial charge in [-0.25, -0.2) is 0 Å². The summed E-state index contributed by atoms with van der Waals surface area (Å²) in [6.45, 7) is 10.3. The number of carbonyl (C=O) groups excluding carboxylic acids is 1. The predicted octanol–water partition coefficient (Wildman–Crippen LogP) is 4.23. The van der Waals surface area contributed by atoms with Crippen LogP contribution >= 0.6 is 0 Å². The van der Waals surface area contributed by atoms with Crippen LogP contribution < -0.4 is 15.4 Å². The second-order valence-corrected chi connectivity index (χ2v) is 5.77. The molecule has 2 aromatic rings. The maximum absolute atomic E-state index is 12.3. The highest BCUT2D eigenvalue weighted by Crippen LogP contribution is 2.24. The quantitative estimate of drug-likeness (QED) is 0.750. The molecular formula is C20H24N2O2. The van der Waals surface area contributed by atoms with E-state index < -0.39 is 0 Å². The molecule has 24 heavy (non-hydrogen) atoms. The van der Waals surface area contributed by atoms with Gasteiger partial charge in [-0.1, -0.05) is 42.5 Å². The first-order valence-corrected chi connectivity index (χ1v) is 7.95. The molecule has 126 valence electrons. The number of ether oxygens (including phenoxy) is 1. The van der Waals surface area contributed by atoms with Crippen molar-refractivity contribution in [3.05, 3.63) is 65.7 Å². The molecule has 0 atom stereocenters. The molecule has 2 aromatic carbocycles. The van der Waals surface area contributed by atoms with Gasteiger partial charge in [0.05, 0.1) is 12.2 Å². The SMILES string of the molecule is C=CCOc1ccccc1NCC(=O)Nc1c(C)cc(C)cc1C. The van der Waals surface area contributed by atoms with Gasteiger partial charge in [0, 0.05) is 5.69 Å². The molecule has 0 heterocycles. The third-order valence-corrected chi connectivity index (χ3v) is 3.62. The van der Waals surface area contributed by atoms with Gasteiger partial charge >= 0.3 is 0 Å². The number of rotatable bonds is 7. The Morgan fingerprint density at radius 1 is 1.17 bits per heavy atom. The Morgan fingerprint density at radius 2 is 1.83 bits per heavy atom. The minimum Gasteiger partial charge on any atom is -0.487 e. The lowest BCUT2D eigenvalue weighted by Crippen LogP contribution is -2.23. The summed E-state index contributed by atoms with van der Waals surface area (Å²) in [7, 11) is 0. The molecule has 0 aromatic heterocycles. The van der Waals surface area contributed by atoms with Gasteiger partial charge in [-0.2, -0.15) is 0 Å². The minimum atomic E-state index is -0.0939. The summed E-state index contributed by atoms with van der Waals surface area (Å²) in [5.41, 5.74) is 4.98. The van der Waals surface area contributed by atoms with Gasteiger partial charge in [0.1, 0.15) is 12.4 Å². The molecule has 4 nitrogen and oxygen atoms in total. The molecule has 0 saturated heterocycles. The Bertz CT molecular complexity index is 715. The number of anilines is 2. The van der Waals surface area contributed by atoms with Crippen LogP contribution in [0, 0.1) is 20.8 Å². The van der Waals surface area contributed by atoms with Crippen LogP contribution in [0.2, 0.25) is 0 Å². The topological polar surface area (TPSA) is 50.4 Å². The van der Waals surface area contributed by atoms with E-state index in [1.165, 1.54) is 5.56 Å². The standard InChI is InChI=1S/C20H24N2O2/c1-5-10-24-18-9-7-6-8-17(18)21-13-19(23)22-20-15(3)11-14(2)12-16(20)4/h5-9,11-12,21H,1,10,13H2,2-4H3,(H,22,23). The average Bonchev–Trinajstić information content (AvgIpc) is 2.55.